The van der Waals surface area contributed by atoms with E-state index in [9.17, 15) is 8.42 Å². The standard InChI is InChI=1S/C13H18N2O3S/c1-13(2,3)11(14)12-15-9-7-8(19(4,16)17)5-6-10(9)18-12/h5-7,11H,14H2,1-4H3. The van der Waals surface area contributed by atoms with Gasteiger partial charge in [-0.15, -0.1) is 0 Å². The van der Waals surface area contributed by atoms with Crippen LogP contribution in [0.1, 0.15) is 32.7 Å². The lowest BCUT2D eigenvalue weighted by Crippen LogP contribution is -2.26. The molecule has 5 nitrogen and oxygen atoms in total. The first-order chi connectivity index (χ1) is 8.59. The predicted octanol–water partition coefficient (Wildman–Crippen LogP) is 2.28. The number of sulfone groups is 1. The van der Waals surface area contributed by atoms with Gasteiger partial charge in [0.15, 0.2) is 15.4 Å². The summed E-state index contributed by atoms with van der Waals surface area (Å²) in [6.07, 6.45) is 1.16. The van der Waals surface area contributed by atoms with Gasteiger partial charge in [0.05, 0.1) is 10.9 Å². The van der Waals surface area contributed by atoms with Crippen LogP contribution < -0.4 is 5.73 Å². The van der Waals surface area contributed by atoms with Crippen molar-refractivity contribution < 1.29 is 12.8 Å². The summed E-state index contributed by atoms with van der Waals surface area (Å²) in [6.45, 7) is 5.98. The molecule has 1 unspecified atom stereocenters. The maximum atomic E-state index is 11.5. The highest BCUT2D eigenvalue weighted by molar-refractivity contribution is 7.90. The van der Waals surface area contributed by atoms with Crippen molar-refractivity contribution in [3.05, 3.63) is 24.1 Å². The van der Waals surface area contributed by atoms with E-state index in [4.69, 9.17) is 10.2 Å². The summed E-state index contributed by atoms with van der Waals surface area (Å²) >= 11 is 0. The van der Waals surface area contributed by atoms with E-state index in [-0.39, 0.29) is 16.4 Å². The third kappa shape index (κ3) is 2.79. The number of aromatic nitrogens is 1. The van der Waals surface area contributed by atoms with Crippen LogP contribution >= 0.6 is 0 Å². The van der Waals surface area contributed by atoms with E-state index in [1.165, 1.54) is 12.1 Å². The lowest BCUT2D eigenvalue weighted by Gasteiger charge is -2.23. The average molecular weight is 282 g/mol. The van der Waals surface area contributed by atoms with Gasteiger partial charge in [-0.3, -0.25) is 0 Å². The Morgan fingerprint density at radius 1 is 1.32 bits per heavy atom. The van der Waals surface area contributed by atoms with Crippen molar-refractivity contribution in [2.24, 2.45) is 11.1 Å². The molecule has 0 aliphatic carbocycles. The Labute approximate surface area is 112 Å². The minimum atomic E-state index is -3.25. The maximum Gasteiger partial charge on any atom is 0.212 e. The third-order valence-electron chi connectivity index (χ3n) is 3.00. The molecular weight excluding hydrogens is 264 g/mol. The quantitative estimate of drug-likeness (QED) is 0.913. The van der Waals surface area contributed by atoms with Gasteiger partial charge in [-0.05, 0) is 23.6 Å². The van der Waals surface area contributed by atoms with Gasteiger partial charge in [-0.1, -0.05) is 20.8 Å². The molecule has 0 spiro atoms. The number of fused-ring (bicyclic) bond motifs is 1. The minimum Gasteiger partial charge on any atom is -0.439 e. The molecule has 19 heavy (non-hydrogen) atoms. The highest BCUT2D eigenvalue weighted by Crippen LogP contribution is 2.32. The summed E-state index contributed by atoms with van der Waals surface area (Å²) in [4.78, 5) is 4.52. The minimum absolute atomic E-state index is 0.180. The zero-order valence-electron chi connectivity index (χ0n) is 11.5. The molecule has 6 heteroatoms. The summed E-state index contributed by atoms with van der Waals surface area (Å²) in [6, 6.07) is 4.28. The van der Waals surface area contributed by atoms with Gasteiger partial charge < -0.3 is 10.2 Å². The maximum absolute atomic E-state index is 11.5. The molecule has 1 heterocycles. The predicted molar refractivity (Wildman–Crippen MR) is 73.5 cm³/mol. The first-order valence-electron chi connectivity index (χ1n) is 5.95. The number of benzene rings is 1. The Bertz CT molecular complexity index is 711. The molecule has 0 aliphatic rings. The van der Waals surface area contributed by atoms with Gasteiger partial charge in [0.1, 0.15) is 5.52 Å². The topological polar surface area (TPSA) is 86.2 Å². The van der Waals surface area contributed by atoms with E-state index in [2.05, 4.69) is 4.98 Å². The summed E-state index contributed by atoms with van der Waals surface area (Å²) in [5.74, 6) is 0.424. The van der Waals surface area contributed by atoms with Gasteiger partial charge in [0.25, 0.3) is 0 Å². The van der Waals surface area contributed by atoms with Crippen LogP contribution in [0.4, 0.5) is 0 Å². The summed E-state index contributed by atoms with van der Waals surface area (Å²) in [5, 5.41) is 0. The lowest BCUT2D eigenvalue weighted by molar-refractivity contribution is 0.282. The van der Waals surface area contributed by atoms with E-state index >= 15 is 0 Å². The van der Waals surface area contributed by atoms with Gasteiger partial charge in [-0.2, -0.15) is 0 Å². The van der Waals surface area contributed by atoms with Crippen LogP contribution in [0.2, 0.25) is 0 Å². The first-order valence-corrected chi connectivity index (χ1v) is 7.84. The molecule has 2 rings (SSSR count). The number of oxazole rings is 1. The van der Waals surface area contributed by atoms with E-state index < -0.39 is 9.84 Å². The Hall–Kier alpha value is -1.40. The molecule has 0 aliphatic heterocycles. The van der Waals surface area contributed by atoms with Crippen LogP contribution in [0.25, 0.3) is 11.1 Å². The monoisotopic (exact) mass is 282 g/mol. The lowest BCUT2D eigenvalue weighted by atomic mass is 9.87. The van der Waals surface area contributed by atoms with Crippen molar-refractivity contribution in [2.45, 2.75) is 31.7 Å². The number of nitrogens with two attached hydrogens (primary N) is 1. The molecule has 2 aromatic rings. The van der Waals surface area contributed by atoms with Gasteiger partial charge >= 0.3 is 0 Å². The molecule has 0 bridgehead atoms. The molecular formula is C13H18N2O3S. The smallest absolute Gasteiger partial charge is 0.212 e. The van der Waals surface area contributed by atoms with Crippen molar-refractivity contribution in [2.75, 3.05) is 6.26 Å². The molecule has 0 fully saturated rings. The molecule has 0 saturated carbocycles. The van der Waals surface area contributed by atoms with Crippen molar-refractivity contribution in [3.8, 4) is 0 Å². The number of hydrogen-bond donors (Lipinski definition) is 1. The van der Waals surface area contributed by atoms with Crippen molar-refractivity contribution in [1.82, 2.24) is 4.98 Å². The highest BCUT2D eigenvalue weighted by atomic mass is 32.2. The zero-order chi connectivity index (χ0) is 14.4. The van der Waals surface area contributed by atoms with Gasteiger partial charge in [0.2, 0.25) is 5.89 Å². The Balaban J connectivity index is 2.53. The first kappa shape index (κ1) is 14.0. The zero-order valence-corrected chi connectivity index (χ0v) is 12.3. The Morgan fingerprint density at radius 3 is 2.47 bits per heavy atom. The van der Waals surface area contributed by atoms with Crippen LogP contribution in [-0.4, -0.2) is 19.7 Å². The summed E-state index contributed by atoms with van der Waals surface area (Å²) in [5.41, 5.74) is 6.96. The van der Waals surface area contributed by atoms with Crippen LogP contribution in [0.15, 0.2) is 27.5 Å². The molecule has 104 valence electrons. The molecule has 0 saturated heterocycles. The SMILES string of the molecule is CC(C)(C)C(N)c1nc2cc(S(C)(=O)=O)ccc2o1. The number of nitrogens with zero attached hydrogens (tertiary/aromatic N) is 1. The molecule has 0 radical (unpaired) electrons. The molecule has 1 atom stereocenters. The van der Waals surface area contributed by atoms with Gasteiger partial charge in [-0.25, -0.2) is 13.4 Å². The fourth-order valence-electron chi connectivity index (χ4n) is 1.66. The second-order valence-electron chi connectivity index (χ2n) is 5.80. The fraction of sp³-hybridized carbons (Fsp3) is 0.462. The second kappa shape index (κ2) is 4.31. The van der Waals surface area contributed by atoms with Crippen molar-refractivity contribution in [3.63, 3.8) is 0 Å². The van der Waals surface area contributed by atoms with Crippen molar-refractivity contribution >= 4 is 20.9 Å². The fourth-order valence-corrected chi connectivity index (χ4v) is 2.30. The van der Waals surface area contributed by atoms with Gasteiger partial charge in [0, 0.05) is 6.26 Å². The van der Waals surface area contributed by atoms with Crippen LogP contribution in [0, 0.1) is 5.41 Å². The van der Waals surface area contributed by atoms with E-state index in [1.54, 1.807) is 6.07 Å². The Morgan fingerprint density at radius 2 is 1.95 bits per heavy atom. The van der Waals surface area contributed by atoms with Crippen LogP contribution in [-0.2, 0) is 9.84 Å². The molecule has 1 aromatic carbocycles. The van der Waals surface area contributed by atoms with Crippen LogP contribution in [0.5, 0.6) is 0 Å². The van der Waals surface area contributed by atoms with Crippen molar-refractivity contribution in [1.29, 1.82) is 0 Å². The normalized spacial score (nSPS) is 14.8. The van der Waals surface area contributed by atoms with Crippen LogP contribution in [0.3, 0.4) is 0 Å². The molecule has 2 N–H and O–H groups in total. The van der Waals surface area contributed by atoms with E-state index in [0.29, 0.717) is 17.0 Å². The second-order valence-corrected chi connectivity index (χ2v) is 7.81. The summed E-state index contributed by atoms with van der Waals surface area (Å²) < 4.78 is 28.6. The largest absolute Gasteiger partial charge is 0.439 e. The summed E-state index contributed by atoms with van der Waals surface area (Å²) in [7, 11) is -3.25. The van der Waals surface area contributed by atoms with E-state index in [1.807, 2.05) is 20.8 Å². The van der Waals surface area contributed by atoms with E-state index in [0.717, 1.165) is 6.26 Å². The highest BCUT2D eigenvalue weighted by Gasteiger charge is 2.27. The average Bonchev–Trinajstić information content (AvgIpc) is 2.67. The number of hydrogen-bond acceptors (Lipinski definition) is 5. The molecule has 0 amide bonds. The number of rotatable bonds is 2. The Kier molecular flexibility index (Phi) is 3.18. The third-order valence-corrected chi connectivity index (χ3v) is 4.11. The molecule has 1 aromatic heterocycles.